The van der Waals surface area contributed by atoms with Gasteiger partial charge in [0.2, 0.25) is 0 Å². The van der Waals surface area contributed by atoms with E-state index in [1.165, 1.54) is 0 Å². The van der Waals surface area contributed by atoms with Crippen LogP contribution in [0.1, 0.15) is 23.2 Å². The largest absolute Gasteiger partial charge is 0.380 e. The molecule has 0 bridgehead atoms. The van der Waals surface area contributed by atoms with Crippen LogP contribution in [0.3, 0.4) is 0 Å². The van der Waals surface area contributed by atoms with E-state index in [1.54, 1.807) is 25.2 Å². The van der Waals surface area contributed by atoms with Crippen LogP contribution in [-0.4, -0.2) is 32.1 Å². The van der Waals surface area contributed by atoms with Gasteiger partial charge in [-0.2, -0.15) is 0 Å². The van der Waals surface area contributed by atoms with E-state index in [9.17, 15) is 4.79 Å². The maximum absolute atomic E-state index is 11.6. The predicted octanol–water partition coefficient (Wildman–Crippen LogP) is 1.86. The first-order valence-electron chi connectivity index (χ1n) is 6.19. The summed E-state index contributed by atoms with van der Waals surface area (Å²) in [7, 11) is 1.62. The molecule has 1 aliphatic heterocycles. The summed E-state index contributed by atoms with van der Waals surface area (Å²) in [6.45, 7) is 2.00. The minimum atomic E-state index is -0.100. The third-order valence-electron chi connectivity index (χ3n) is 3.11. The summed E-state index contributed by atoms with van der Waals surface area (Å²) in [5.74, 6) is -0.100. The molecule has 1 saturated heterocycles. The zero-order chi connectivity index (χ0) is 13.0. The smallest absolute Gasteiger partial charge is 0.251 e. The van der Waals surface area contributed by atoms with Crippen molar-refractivity contribution in [2.24, 2.45) is 0 Å². The van der Waals surface area contributed by atoms with Crippen molar-refractivity contribution in [3.8, 4) is 0 Å². The number of hydrogen-bond acceptors (Lipinski definition) is 3. The van der Waals surface area contributed by atoms with Crippen molar-refractivity contribution >= 4 is 23.2 Å². The third-order valence-corrected chi connectivity index (χ3v) is 3.44. The summed E-state index contributed by atoms with van der Waals surface area (Å²) in [6, 6.07) is 5.66. The number of halogens is 1. The van der Waals surface area contributed by atoms with Crippen LogP contribution in [0, 0.1) is 0 Å². The zero-order valence-corrected chi connectivity index (χ0v) is 11.2. The molecule has 4 nitrogen and oxygen atoms in total. The van der Waals surface area contributed by atoms with Crippen LogP contribution in [0.4, 0.5) is 5.69 Å². The first-order valence-corrected chi connectivity index (χ1v) is 6.57. The molecule has 2 rings (SSSR count). The lowest BCUT2D eigenvalue weighted by Gasteiger charge is -2.25. The molecule has 1 fully saturated rings. The highest BCUT2D eigenvalue weighted by atomic mass is 35.5. The minimum Gasteiger partial charge on any atom is -0.380 e. The van der Waals surface area contributed by atoms with Crippen LogP contribution >= 0.6 is 11.6 Å². The molecule has 1 aromatic rings. The number of carbonyl (C=O) groups is 1. The van der Waals surface area contributed by atoms with E-state index in [0.29, 0.717) is 16.6 Å². The molecule has 1 heterocycles. The van der Waals surface area contributed by atoms with Crippen LogP contribution in [0.15, 0.2) is 18.2 Å². The lowest BCUT2D eigenvalue weighted by molar-refractivity contribution is 0.0963. The molecule has 1 aliphatic rings. The number of amides is 1. The summed E-state index contributed by atoms with van der Waals surface area (Å²) < 4.78 is 0. The molecule has 3 N–H and O–H groups in total. The van der Waals surface area contributed by atoms with Gasteiger partial charge in [-0.3, -0.25) is 4.79 Å². The SMILES string of the molecule is CNC(=O)c1ccc(Cl)c(NC2CCCNC2)c1. The van der Waals surface area contributed by atoms with Crippen LogP contribution in [0.2, 0.25) is 5.02 Å². The van der Waals surface area contributed by atoms with Gasteiger partial charge in [-0.15, -0.1) is 0 Å². The average molecular weight is 268 g/mol. The highest BCUT2D eigenvalue weighted by Gasteiger charge is 2.15. The Morgan fingerprint density at radius 2 is 2.33 bits per heavy atom. The van der Waals surface area contributed by atoms with Gasteiger partial charge < -0.3 is 16.0 Å². The Labute approximate surface area is 112 Å². The molecule has 5 heteroatoms. The predicted molar refractivity (Wildman–Crippen MR) is 74.4 cm³/mol. The highest BCUT2D eigenvalue weighted by molar-refractivity contribution is 6.33. The number of nitrogens with one attached hydrogen (secondary N) is 3. The normalized spacial score (nSPS) is 19.3. The standard InChI is InChI=1S/C13H18ClN3O/c1-15-13(18)9-4-5-11(14)12(7-9)17-10-3-2-6-16-8-10/h4-5,7,10,16-17H,2-3,6,8H2,1H3,(H,15,18). The maximum Gasteiger partial charge on any atom is 0.251 e. The molecule has 0 aliphatic carbocycles. The van der Waals surface area contributed by atoms with Crippen molar-refractivity contribution in [1.29, 1.82) is 0 Å². The van der Waals surface area contributed by atoms with E-state index in [4.69, 9.17) is 11.6 Å². The number of carbonyl (C=O) groups excluding carboxylic acids is 1. The molecule has 1 atom stereocenters. The fourth-order valence-electron chi connectivity index (χ4n) is 2.12. The van der Waals surface area contributed by atoms with E-state index in [-0.39, 0.29) is 5.91 Å². The Kier molecular flexibility index (Phi) is 4.44. The molecular formula is C13H18ClN3O. The van der Waals surface area contributed by atoms with E-state index < -0.39 is 0 Å². The molecule has 18 heavy (non-hydrogen) atoms. The van der Waals surface area contributed by atoms with Crippen molar-refractivity contribution < 1.29 is 4.79 Å². The van der Waals surface area contributed by atoms with Gasteiger partial charge >= 0.3 is 0 Å². The second-order valence-corrected chi connectivity index (χ2v) is 4.87. The van der Waals surface area contributed by atoms with Crippen LogP contribution < -0.4 is 16.0 Å². The van der Waals surface area contributed by atoms with Crippen molar-refractivity contribution in [3.05, 3.63) is 28.8 Å². The topological polar surface area (TPSA) is 53.2 Å². The summed E-state index contributed by atoms with van der Waals surface area (Å²) in [6.07, 6.45) is 2.28. The number of hydrogen-bond donors (Lipinski definition) is 3. The quantitative estimate of drug-likeness (QED) is 0.784. The van der Waals surface area contributed by atoms with Crippen molar-refractivity contribution in [2.45, 2.75) is 18.9 Å². The first-order chi connectivity index (χ1) is 8.70. The molecule has 0 radical (unpaired) electrons. The lowest BCUT2D eigenvalue weighted by Crippen LogP contribution is -2.38. The number of anilines is 1. The second kappa shape index (κ2) is 6.07. The van der Waals surface area contributed by atoms with E-state index in [0.717, 1.165) is 31.6 Å². The van der Waals surface area contributed by atoms with Gasteiger partial charge in [0.15, 0.2) is 0 Å². The summed E-state index contributed by atoms with van der Waals surface area (Å²) in [5, 5.41) is 9.99. The van der Waals surface area contributed by atoms with Gasteiger partial charge in [0.05, 0.1) is 10.7 Å². The van der Waals surface area contributed by atoms with Gasteiger partial charge in [0.25, 0.3) is 5.91 Å². The molecule has 1 aromatic carbocycles. The number of benzene rings is 1. The molecule has 0 saturated carbocycles. The van der Waals surface area contributed by atoms with Gasteiger partial charge in [-0.1, -0.05) is 11.6 Å². The lowest BCUT2D eigenvalue weighted by atomic mass is 10.1. The Morgan fingerprint density at radius 3 is 3.00 bits per heavy atom. The number of rotatable bonds is 3. The monoisotopic (exact) mass is 267 g/mol. The van der Waals surface area contributed by atoms with E-state index in [2.05, 4.69) is 16.0 Å². The van der Waals surface area contributed by atoms with E-state index in [1.807, 2.05) is 0 Å². The molecule has 0 aromatic heterocycles. The fraction of sp³-hybridized carbons (Fsp3) is 0.462. The number of piperidine rings is 1. The van der Waals surface area contributed by atoms with E-state index >= 15 is 0 Å². The summed E-state index contributed by atoms with van der Waals surface area (Å²) in [5.41, 5.74) is 1.44. The van der Waals surface area contributed by atoms with Crippen molar-refractivity contribution in [1.82, 2.24) is 10.6 Å². The molecule has 0 spiro atoms. The Hall–Kier alpha value is -1.26. The summed E-state index contributed by atoms with van der Waals surface area (Å²) in [4.78, 5) is 11.6. The van der Waals surface area contributed by atoms with Crippen LogP contribution in [-0.2, 0) is 0 Å². The minimum absolute atomic E-state index is 0.100. The molecular weight excluding hydrogens is 250 g/mol. The van der Waals surface area contributed by atoms with Gasteiger partial charge in [0.1, 0.15) is 0 Å². The zero-order valence-electron chi connectivity index (χ0n) is 10.4. The Morgan fingerprint density at radius 1 is 1.50 bits per heavy atom. The average Bonchev–Trinajstić information content (AvgIpc) is 2.41. The van der Waals surface area contributed by atoms with Crippen molar-refractivity contribution in [3.63, 3.8) is 0 Å². The van der Waals surface area contributed by atoms with Gasteiger partial charge in [-0.05, 0) is 37.6 Å². The first kappa shape index (κ1) is 13.2. The van der Waals surface area contributed by atoms with Crippen LogP contribution in [0.5, 0.6) is 0 Å². The van der Waals surface area contributed by atoms with Crippen LogP contribution in [0.25, 0.3) is 0 Å². The fourth-order valence-corrected chi connectivity index (χ4v) is 2.29. The highest BCUT2D eigenvalue weighted by Crippen LogP contribution is 2.24. The molecule has 1 unspecified atom stereocenters. The Bertz CT molecular complexity index is 430. The van der Waals surface area contributed by atoms with Gasteiger partial charge in [-0.25, -0.2) is 0 Å². The second-order valence-electron chi connectivity index (χ2n) is 4.46. The molecule has 98 valence electrons. The van der Waals surface area contributed by atoms with Crippen molar-refractivity contribution in [2.75, 3.05) is 25.5 Å². The summed E-state index contributed by atoms with van der Waals surface area (Å²) >= 11 is 6.15. The molecule has 1 amide bonds. The Balaban J connectivity index is 2.12. The third kappa shape index (κ3) is 3.15. The maximum atomic E-state index is 11.6. The van der Waals surface area contributed by atoms with Gasteiger partial charge in [0, 0.05) is 25.2 Å².